The lowest BCUT2D eigenvalue weighted by molar-refractivity contribution is -0.149. The van der Waals surface area contributed by atoms with Gasteiger partial charge in [-0.2, -0.15) is 0 Å². The molecule has 8 heteroatoms. The molecule has 0 N–H and O–H groups in total. The molecule has 0 radical (unpaired) electrons. The number of fused-ring (bicyclic) bond motifs is 1. The summed E-state index contributed by atoms with van der Waals surface area (Å²) in [5, 5.41) is 0.703. The third kappa shape index (κ3) is 4.20. The molecule has 1 aromatic heterocycles. The fourth-order valence-electron chi connectivity index (χ4n) is 3.55. The highest BCUT2D eigenvalue weighted by Gasteiger charge is 2.33. The van der Waals surface area contributed by atoms with Crippen LogP contribution < -0.4 is 5.56 Å². The third-order valence-corrected chi connectivity index (χ3v) is 6.35. The monoisotopic (exact) mass is 393 g/mol. The van der Waals surface area contributed by atoms with Crippen LogP contribution in [-0.2, 0) is 19.7 Å². The first-order valence-corrected chi connectivity index (χ1v) is 10.3. The van der Waals surface area contributed by atoms with E-state index in [1.165, 1.54) is 18.9 Å². The predicted molar refractivity (Wildman–Crippen MR) is 103 cm³/mol. The minimum absolute atomic E-state index is 0.0311. The van der Waals surface area contributed by atoms with Crippen LogP contribution in [0.1, 0.15) is 51.8 Å². The molecule has 7 nitrogen and oxygen atoms in total. The molecule has 3 rings (SSSR count). The second-order valence-electron chi connectivity index (χ2n) is 8.23. The number of rotatable bonds is 3. The topological polar surface area (TPSA) is 81.5 Å². The van der Waals surface area contributed by atoms with E-state index in [4.69, 9.17) is 4.74 Å². The molecule has 2 aliphatic heterocycles. The number of esters is 1. The Kier molecular flexibility index (Phi) is 5.65. The van der Waals surface area contributed by atoms with Gasteiger partial charge in [-0.25, -0.2) is 4.98 Å². The zero-order valence-electron chi connectivity index (χ0n) is 16.4. The van der Waals surface area contributed by atoms with Crippen molar-refractivity contribution in [2.75, 3.05) is 26.0 Å². The fraction of sp³-hybridized carbons (Fsp3) is 0.684. The summed E-state index contributed by atoms with van der Waals surface area (Å²) in [5.74, 6) is 0.392. The minimum Gasteiger partial charge on any atom is -0.469 e. The van der Waals surface area contributed by atoms with Crippen LogP contribution in [0.5, 0.6) is 0 Å². The van der Waals surface area contributed by atoms with Crippen molar-refractivity contribution in [1.29, 1.82) is 0 Å². The van der Waals surface area contributed by atoms with Crippen molar-refractivity contribution < 1.29 is 14.3 Å². The van der Waals surface area contributed by atoms with Crippen molar-refractivity contribution >= 4 is 23.6 Å². The molecule has 1 atom stereocenters. The average Bonchev–Trinajstić information content (AvgIpc) is 3.03. The summed E-state index contributed by atoms with van der Waals surface area (Å²) in [5.41, 5.74) is 0.507. The summed E-state index contributed by atoms with van der Waals surface area (Å²) in [6.45, 7) is 7.21. The molecule has 1 saturated heterocycles. The van der Waals surface area contributed by atoms with Gasteiger partial charge in [-0.05, 0) is 12.8 Å². The SMILES string of the molecule is COC(=O)C1CCN(C(=O)CC2CSc3nc(C(C)(C)C)cc(=O)n32)CC1. The molecular weight excluding hydrogens is 366 g/mol. The van der Waals surface area contributed by atoms with E-state index < -0.39 is 0 Å². The van der Waals surface area contributed by atoms with Crippen molar-refractivity contribution in [3.8, 4) is 0 Å². The number of piperidine rings is 1. The van der Waals surface area contributed by atoms with Crippen molar-refractivity contribution in [3.05, 3.63) is 22.1 Å². The van der Waals surface area contributed by atoms with Crippen LogP contribution >= 0.6 is 11.8 Å². The molecule has 1 aromatic rings. The Morgan fingerprint density at radius 2 is 1.96 bits per heavy atom. The van der Waals surface area contributed by atoms with Gasteiger partial charge < -0.3 is 9.64 Å². The van der Waals surface area contributed by atoms with Gasteiger partial charge in [0, 0.05) is 36.7 Å². The van der Waals surface area contributed by atoms with Gasteiger partial charge >= 0.3 is 5.97 Å². The van der Waals surface area contributed by atoms with Crippen LogP contribution in [0.25, 0.3) is 0 Å². The van der Waals surface area contributed by atoms with Crippen LogP contribution in [-0.4, -0.2) is 52.3 Å². The largest absolute Gasteiger partial charge is 0.469 e. The first-order valence-electron chi connectivity index (χ1n) is 9.33. The number of methoxy groups -OCH3 is 1. The molecule has 148 valence electrons. The maximum absolute atomic E-state index is 12.7. The van der Waals surface area contributed by atoms with Gasteiger partial charge in [0.15, 0.2) is 5.16 Å². The van der Waals surface area contributed by atoms with E-state index in [9.17, 15) is 14.4 Å². The highest BCUT2D eigenvalue weighted by atomic mass is 32.2. The van der Waals surface area contributed by atoms with Crippen LogP contribution in [0, 0.1) is 5.92 Å². The second kappa shape index (κ2) is 7.66. The van der Waals surface area contributed by atoms with Crippen molar-refractivity contribution in [2.45, 2.75) is 56.6 Å². The van der Waals surface area contributed by atoms with Gasteiger partial charge in [-0.1, -0.05) is 32.5 Å². The van der Waals surface area contributed by atoms with E-state index in [1.807, 2.05) is 20.8 Å². The molecule has 2 aliphatic rings. The third-order valence-electron chi connectivity index (χ3n) is 5.25. The Hall–Kier alpha value is -1.83. The summed E-state index contributed by atoms with van der Waals surface area (Å²) < 4.78 is 6.45. The zero-order chi connectivity index (χ0) is 19.8. The average molecular weight is 394 g/mol. The number of nitrogens with zero attached hydrogens (tertiary/aromatic N) is 3. The molecule has 1 unspecified atom stereocenters. The summed E-state index contributed by atoms with van der Waals surface area (Å²) in [6.07, 6.45) is 1.55. The molecule has 0 bridgehead atoms. The second-order valence-corrected chi connectivity index (χ2v) is 9.22. The molecule has 0 saturated carbocycles. The van der Waals surface area contributed by atoms with Gasteiger partial charge in [0.2, 0.25) is 5.91 Å². The quantitative estimate of drug-likeness (QED) is 0.577. The Bertz CT molecular complexity index is 791. The smallest absolute Gasteiger partial charge is 0.308 e. The summed E-state index contributed by atoms with van der Waals surface area (Å²) in [6, 6.07) is 1.43. The van der Waals surface area contributed by atoms with Crippen molar-refractivity contribution in [2.24, 2.45) is 5.92 Å². The molecule has 27 heavy (non-hydrogen) atoms. The molecule has 0 aromatic carbocycles. The molecular formula is C19H27N3O4S. The predicted octanol–water partition coefficient (Wildman–Crippen LogP) is 1.99. The first-order chi connectivity index (χ1) is 12.7. The van der Waals surface area contributed by atoms with E-state index in [-0.39, 0.29) is 34.8 Å². The number of thioether (sulfide) groups is 1. The van der Waals surface area contributed by atoms with E-state index >= 15 is 0 Å². The number of ether oxygens (including phenoxy) is 1. The van der Waals surface area contributed by atoms with Gasteiger partial charge in [0.05, 0.1) is 24.8 Å². The summed E-state index contributed by atoms with van der Waals surface area (Å²) in [7, 11) is 1.39. The number of hydrogen-bond donors (Lipinski definition) is 0. The Labute approximate surface area is 163 Å². The van der Waals surface area contributed by atoms with Crippen LogP contribution in [0.2, 0.25) is 0 Å². The molecule has 0 aliphatic carbocycles. The number of amides is 1. The number of likely N-dealkylation sites (tertiary alicyclic amines) is 1. The maximum Gasteiger partial charge on any atom is 0.308 e. The Morgan fingerprint density at radius 1 is 1.30 bits per heavy atom. The number of aromatic nitrogens is 2. The van der Waals surface area contributed by atoms with Gasteiger partial charge in [-0.3, -0.25) is 19.0 Å². The first kappa shape index (κ1) is 19.9. The van der Waals surface area contributed by atoms with Gasteiger partial charge in [-0.15, -0.1) is 0 Å². The summed E-state index contributed by atoms with van der Waals surface area (Å²) >= 11 is 1.54. The minimum atomic E-state index is -0.199. The van der Waals surface area contributed by atoms with Crippen LogP contribution in [0.3, 0.4) is 0 Å². The lowest BCUT2D eigenvalue weighted by Gasteiger charge is -2.31. The lowest BCUT2D eigenvalue weighted by Crippen LogP contribution is -2.41. The van der Waals surface area contributed by atoms with Gasteiger partial charge in [0.25, 0.3) is 5.56 Å². The molecule has 1 amide bonds. The van der Waals surface area contributed by atoms with E-state index in [1.54, 1.807) is 15.5 Å². The maximum atomic E-state index is 12.7. The number of hydrogen-bond acceptors (Lipinski definition) is 6. The lowest BCUT2D eigenvalue weighted by atomic mass is 9.92. The Balaban J connectivity index is 1.67. The normalized spacial score (nSPS) is 20.4. The number of carbonyl (C=O) groups is 2. The van der Waals surface area contributed by atoms with E-state index in [0.29, 0.717) is 43.3 Å². The number of carbonyl (C=O) groups excluding carboxylic acids is 2. The highest BCUT2D eigenvalue weighted by Crippen LogP contribution is 2.34. The van der Waals surface area contributed by atoms with E-state index in [0.717, 1.165) is 5.69 Å². The van der Waals surface area contributed by atoms with Crippen molar-refractivity contribution in [3.63, 3.8) is 0 Å². The van der Waals surface area contributed by atoms with Gasteiger partial charge in [0.1, 0.15) is 0 Å². The highest BCUT2D eigenvalue weighted by molar-refractivity contribution is 7.99. The molecule has 1 fully saturated rings. The fourth-order valence-corrected chi connectivity index (χ4v) is 4.70. The van der Waals surface area contributed by atoms with Crippen LogP contribution in [0.15, 0.2) is 16.0 Å². The Morgan fingerprint density at radius 3 is 2.56 bits per heavy atom. The zero-order valence-corrected chi connectivity index (χ0v) is 17.2. The molecule has 3 heterocycles. The van der Waals surface area contributed by atoms with E-state index in [2.05, 4.69) is 4.98 Å². The standard InChI is InChI=1S/C19H27N3O4S/c1-19(2,3)14-10-16(24)22-13(11-27-18(22)20-14)9-15(23)21-7-5-12(6-8-21)17(25)26-4/h10,12-13H,5-9,11H2,1-4H3. The van der Waals surface area contributed by atoms with Crippen molar-refractivity contribution in [1.82, 2.24) is 14.5 Å². The molecule has 0 spiro atoms. The summed E-state index contributed by atoms with van der Waals surface area (Å²) in [4.78, 5) is 43.4. The van der Waals surface area contributed by atoms with Crippen LogP contribution in [0.4, 0.5) is 0 Å².